The lowest BCUT2D eigenvalue weighted by Gasteiger charge is -2.36. The fourth-order valence-corrected chi connectivity index (χ4v) is 2.00. The highest BCUT2D eigenvalue weighted by molar-refractivity contribution is 6.18. The summed E-state index contributed by atoms with van der Waals surface area (Å²) >= 11 is 5.97. The number of aromatic nitrogens is 2. The Kier molecular flexibility index (Phi) is 3.56. The molecule has 1 aliphatic heterocycles. The van der Waals surface area contributed by atoms with E-state index >= 15 is 0 Å². The molecule has 16 heavy (non-hydrogen) atoms. The van der Waals surface area contributed by atoms with Gasteiger partial charge in [-0.25, -0.2) is 14.4 Å². The van der Waals surface area contributed by atoms with Crippen LogP contribution < -0.4 is 5.32 Å². The Bertz CT molecular complexity index is 340. The van der Waals surface area contributed by atoms with Crippen LogP contribution in [0.25, 0.3) is 0 Å². The number of ether oxygens (including phenoxy) is 1. The van der Waals surface area contributed by atoms with Gasteiger partial charge >= 0.3 is 0 Å². The number of nitrogens with zero attached hydrogens (tertiary/aromatic N) is 2. The van der Waals surface area contributed by atoms with Gasteiger partial charge in [0.1, 0.15) is 0 Å². The third-order valence-electron chi connectivity index (χ3n) is 2.70. The minimum atomic E-state index is -0.447. The Balaban J connectivity index is 2.08. The average molecular weight is 246 g/mol. The Labute approximate surface area is 98.2 Å². The van der Waals surface area contributed by atoms with E-state index in [1.165, 1.54) is 0 Å². The van der Waals surface area contributed by atoms with Gasteiger partial charge in [-0.15, -0.1) is 11.6 Å². The Hall–Kier alpha value is -0.940. The van der Waals surface area contributed by atoms with Gasteiger partial charge in [0.25, 0.3) is 0 Å². The summed E-state index contributed by atoms with van der Waals surface area (Å²) in [6.45, 7) is 1.34. The second-order valence-electron chi connectivity index (χ2n) is 3.88. The lowest BCUT2D eigenvalue weighted by Crippen LogP contribution is -2.45. The standard InChI is InChI=1S/C10H13ClFN3O/c11-7-10(1-3-16-4-2-10)15-9-13-5-8(12)6-14-9/h5-6H,1-4,7H2,(H,13,14,15). The van der Waals surface area contributed by atoms with Crippen molar-refractivity contribution in [3.8, 4) is 0 Å². The number of hydrogen-bond acceptors (Lipinski definition) is 4. The summed E-state index contributed by atoms with van der Waals surface area (Å²) < 4.78 is 17.9. The van der Waals surface area contributed by atoms with Gasteiger partial charge < -0.3 is 10.1 Å². The summed E-state index contributed by atoms with van der Waals surface area (Å²) in [4.78, 5) is 7.74. The normalized spacial score (nSPS) is 19.4. The van der Waals surface area contributed by atoms with Crippen LogP contribution in [-0.2, 0) is 4.74 Å². The van der Waals surface area contributed by atoms with E-state index in [-0.39, 0.29) is 5.54 Å². The van der Waals surface area contributed by atoms with Crippen LogP contribution in [0.2, 0.25) is 0 Å². The van der Waals surface area contributed by atoms with Crippen LogP contribution in [0.15, 0.2) is 12.4 Å². The summed E-state index contributed by atoms with van der Waals surface area (Å²) in [7, 11) is 0. The molecule has 1 aromatic rings. The number of rotatable bonds is 3. The van der Waals surface area contributed by atoms with E-state index in [2.05, 4.69) is 15.3 Å². The Morgan fingerprint density at radius 1 is 1.38 bits per heavy atom. The molecule has 2 heterocycles. The molecule has 1 aromatic heterocycles. The SMILES string of the molecule is Fc1cnc(NC2(CCl)CCOCC2)nc1. The maximum Gasteiger partial charge on any atom is 0.223 e. The highest BCUT2D eigenvalue weighted by Crippen LogP contribution is 2.25. The fourth-order valence-electron chi connectivity index (χ4n) is 1.67. The fraction of sp³-hybridized carbons (Fsp3) is 0.600. The summed E-state index contributed by atoms with van der Waals surface area (Å²) in [5.74, 6) is 0.415. The molecule has 0 atom stereocenters. The van der Waals surface area contributed by atoms with Gasteiger partial charge in [0.2, 0.25) is 5.95 Å². The minimum absolute atomic E-state index is 0.238. The monoisotopic (exact) mass is 245 g/mol. The molecule has 1 N–H and O–H groups in total. The van der Waals surface area contributed by atoms with Gasteiger partial charge in [-0.3, -0.25) is 0 Å². The number of nitrogens with one attached hydrogen (secondary N) is 1. The summed E-state index contributed by atoms with van der Waals surface area (Å²) in [5, 5.41) is 3.17. The average Bonchev–Trinajstić information content (AvgIpc) is 2.33. The largest absolute Gasteiger partial charge is 0.381 e. The van der Waals surface area contributed by atoms with Crippen LogP contribution in [0.5, 0.6) is 0 Å². The number of hydrogen-bond donors (Lipinski definition) is 1. The second-order valence-corrected chi connectivity index (χ2v) is 4.14. The molecule has 1 aliphatic rings. The molecule has 0 bridgehead atoms. The third-order valence-corrected chi connectivity index (χ3v) is 3.21. The smallest absolute Gasteiger partial charge is 0.223 e. The first kappa shape index (κ1) is 11.5. The molecule has 1 fully saturated rings. The van der Waals surface area contributed by atoms with Gasteiger partial charge in [-0.05, 0) is 12.8 Å². The van der Waals surface area contributed by atoms with Crippen molar-refractivity contribution in [3.05, 3.63) is 18.2 Å². The maximum absolute atomic E-state index is 12.6. The molecule has 88 valence electrons. The number of alkyl halides is 1. The van der Waals surface area contributed by atoms with Crippen LogP contribution >= 0.6 is 11.6 Å². The lowest BCUT2D eigenvalue weighted by atomic mass is 9.92. The van der Waals surface area contributed by atoms with Crippen molar-refractivity contribution in [1.82, 2.24) is 9.97 Å². The Morgan fingerprint density at radius 2 is 2.00 bits per heavy atom. The first-order chi connectivity index (χ1) is 7.74. The van der Waals surface area contributed by atoms with E-state index in [0.717, 1.165) is 25.2 Å². The van der Waals surface area contributed by atoms with Crippen molar-refractivity contribution in [3.63, 3.8) is 0 Å². The van der Waals surface area contributed by atoms with Crippen molar-refractivity contribution in [2.45, 2.75) is 18.4 Å². The maximum atomic E-state index is 12.6. The first-order valence-corrected chi connectivity index (χ1v) is 5.67. The van der Waals surface area contributed by atoms with E-state index in [4.69, 9.17) is 16.3 Å². The van der Waals surface area contributed by atoms with Gasteiger partial charge in [0.05, 0.1) is 17.9 Å². The van der Waals surface area contributed by atoms with Gasteiger partial charge in [0.15, 0.2) is 5.82 Å². The molecule has 0 unspecified atom stereocenters. The molecule has 0 amide bonds. The van der Waals surface area contributed by atoms with Crippen LogP contribution in [0, 0.1) is 5.82 Å². The Morgan fingerprint density at radius 3 is 2.56 bits per heavy atom. The van der Waals surface area contributed by atoms with Crippen molar-refractivity contribution in [2.24, 2.45) is 0 Å². The second kappa shape index (κ2) is 4.93. The quantitative estimate of drug-likeness (QED) is 0.826. The van der Waals surface area contributed by atoms with Gasteiger partial charge in [-0.2, -0.15) is 0 Å². The lowest BCUT2D eigenvalue weighted by molar-refractivity contribution is 0.0665. The predicted octanol–water partition coefficient (Wildman–Crippen LogP) is 1.82. The van der Waals surface area contributed by atoms with Crippen molar-refractivity contribution < 1.29 is 9.13 Å². The molecular weight excluding hydrogens is 233 g/mol. The topological polar surface area (TPSA) is 47.0 Å². The minimum Gasteiger partial charge on any atom is -0.381 e. The molecule has 1 saturated heterocycles. The third kappa shape index (κ3) is 2.59. The van der Waals surface area contributed by atoms with Crippen molar-refractivity contribution in [2.75, 3.05) is 24.4 Å². The van der Waals surface area contributed by atoms with E-state index in [1.807, 2.05) is 0 Å². The number of halogens is 2. The van der Waals surface area contributed by atoms with Crippen LogP contribution in [-0.4, -0.2) is 34.6 Å². The zero-order valence-corrected chi connectivity index (χ0v) is 9.50. The van der Waals surface area contributed by atoms with E-state index in [9.17, 15) is 4.39 Å². The summed E-state index contributed by atoms with van der Waals surface area (Å²) in [6.07, 6.45) is 3.88. The van der Waals surface area contributed by atoms with Crippen LogP contribution in [0.3, 0.4) is 0 Å². The highest BCUT2D eigenvalue weighted by atomic mass is 35.5. The molecule has 2 rings (SSSR count). The van der Waals surface area contributed by atoms with E-state index in [0.29, 0.717) is 25.0 Å². The molecule has 6 heteroatoms. The zero-order chi connectivity index (χ0) is 11.4. The molecular formula is C10H13ClFN3O. The van der Waals surface area contributed by atoms with E-state index < -0.39 is 5.82 Å². The molecule has 0 aliphatic carbocycles. The van der Waals surface area contributed by atoms with Gasteiger partial charge in [-0.1, -0.05) is 0 Å². The highest BCUT2D eigenvalue weighted by Gasteiger charge is 2.32. The molecule has 0 radical (unpaired) electrons. The van der Waals surface area contributed by atoms with E-state index in [1.54, 1.807) is 0 Å². The van der Waals surface area contributed by atoms with Gasteiger partial charge in [0, 0.05) is 19.1 Å². The number of anilines is 1. The molecule has 4 nitrogen and oxygen atoms in total. The molecule has 0 aromatic carbocycles. The molecule has 0 spiro atoms. The van der Waals surface area contributed by atoms with Crippen LogP contribution in [0.4, 0.5) is 10.3 Å². The summed E-state index contributed by atoms with van der Waals surface area (Å²) in [6, 6.07) is 0. The summed E-state index contributed by atoms with van der Waals surface area (Å²) in [5.41, 5.74) is -0.238. The first-order valence-electron chi connectivity index (χ1n) is 5.14. The van der Waals surface area contributed by atoms with Crippen molar-refractivity contribution >= 4 is 17.5 Å². The van der Waals surface area contributed by atoms with Crippen molar-refractivity contribution in [1.29, 1.82) is 0 Å². The van der Waals surface area contributed by atoms with Crippen LogP contribution in [0.1, 0.15) is 12.8 Å². The zero-order valence-electron chi connectivity index (χ0n) is 8.75. The predicted molar refractivity (Wildman–Crippen MR) is 59.1 cm³/mol. The molecule has 0 saturated carbocycles.